The second-order valence-electron chi connectivity index (χ2n) is 8.39. The Bertz CT molecular complexity index is 775. The quantitative estimate of drug-likeness (QED) is 0.0414. The highest BCUT2D eigenvalue weighted by atomic mass is 32.1. The molecule has 4 amide bonds. The van der Waals surface area contributed by atoms with E-state index in [-0.39, 0.29) is 49.9 Å². The van der Waals surface area contributed by atoms with Crippen LogP contribution in [0.15, 0.2) is 4.99 Å². The Labute approximate surface area is 209 Å². The maximum Gasteiger partial charge on any atom is 0.326 e. The van der Waals surface area contributed by atoms with Crippen molar-refractivity contribution in [1.29, 1.82) is 0 Å². The van der Waals surface area contributed by atoms with Crippen molar-refractivity contribution in [2.45, 2.75) is 70.1 Å². The van der Waals surface area contributed by atoms with Crippen LogP contribution in [-0.2, 0) is 24.0 Å². The van der Waals surface area contributed by atoms with Crippen molar-refractivity contribution >= 4 is 48.2 Å². The monoisotopic (exact) mass is 518 g/mol. The third kappa shape index (κ3) is 14.0. The van der Waals surface area contributed by atoms with Crippen LogP contribution in [0.25, 0.3) is 0 Å². The summed E-state index contributed by atoms with van der Waals surface area (Å²) in [6.07, 6.45) is 0.488. The second-order valence-corrected chi connectivity index (χ2v) is 8.76. The molecule has 0 heterocycles. The zero-order chi connectivity index (χ0) is 27.1. The summed E-state index contributed by atoms with van der Waals surface area (Å²) in [5.74, 6) is -4.18. The maximum absolute atomic E-state index is 12.8. The minimum Gasteiger partial charge on any atom is -0.480 e. The van der Waals surface area contributed by atoms with Gasteiger partial charge in [-0.1, -0.05) is 13.8 Å². The van der Waals surface area contributed by atoms with Gasteiger partial charge in [-0.25, -0.2) is 4.79 Å². The maximum atomic E-state index is 12.8. The standard InChI is InChI=1S/C20H38N8O6S/c1-10(2)8-13(17(31)26-12(19(33)34)4-3-7-25-20(23)24)27-18(32)14(9-35)28-16(30)11(21)5-6-15(22)29/h10-14,35H,3-9,21H2,1-2H3,(H2,22,29)(H,26,31)(H,27,32)(H,28,30)(H,33,34)(H4,23,24,25). The van der Waals surface area contributed by atoms with E-state index in [0.717, 1.165) is 0 Å². The van der Waals surface area contributed by atoms with Gasteiger partial charge in [0.1, 0.15) is 18.1 Å². The molecule has 0 saturated carbocycles. The molecule has 0 spiro atoms. The lowest BCUT2D eigenvalue weighted by Gasteiger charge is -2.25. The summed E-state index contributed by atoms with van der Waals surface area (Å²) in [6, 6.07) is -4.47. The van der Waals surface area contributed by atoms with Crippen molar-refractivity contribution in [2.75, 3.05) is 12.3 Å². The van der Waals surface area contributed by atoms with Gasteiger partial charge in [0.15, 0.2) is 5.96 Å². The molecule has 15 heteroatoms. The number of carbonyl (C=O) groups is 5. The third-order valence-corrected chi connectivity index (χ3v) is 5.12. The number of nitrogens with one attached hydrogen (secondary N) is 3. The summed E-state index contributed by atoms with van der Waals surface area (Å²) in [6.45, 7) is 3.84. The number of rotatable bonds is 17. The second kappa shape index (κ2) is 16.5. The number of carboxylic acid groups (broad SMARTS) is 1. The van der Waals surface area contributed by atoms with Gasteiger partial charge in [-0.2, -0.15) is 12.6 Å². The Morgan fingerprint density at radius 1 is 0.886 bits per heavy atom. The fraction of sp³-hybridized carbons (Fsp3) is 0.700. The first kappa shape index (κ1) is 31.9. The molecule has 0 aliphatic heterocycles. The highest BCUT2D eigenvalue weighted by Crippen LogP contribution is 2.08. The smallest absolute Gasteiger partial charge is 0.326 e. The summed E-state index contributed by atoms with van der Waals surface area (Å²) in [4.78, 5) is 64.1. The largest absolute Gasteiger partial charge is 0.480 e. The van der Waals surface area contributed by atoms with Crippen LogP contribution >= 0.6 is 12.6 Å². The number of carbonyl (C=O) groups excluding carboxylic acids is 4. The van der Waals surface area contributed by atoms with Gasteiger partial charge in [-0.3, -0.25) is 24.2 Å². The number of aliphatic imine (C=N–C) groups is 1. The molecule has 14 nitrogen and oxygen atoms in total. The van der Waals surface area contributed by atoms with E-state index < -0.39 is 53.8 Å². The van der Waals surface area contributed by atoms with Crippen LogP contribution in [-0.4, -0.2) is 77.1 Å². The summed E-state index contributed by atoms with van der Waals surface area (Å²) < 4.78 is 0. The Morgan fingerprint density at radius 3 is 1.91 bits per heavy atom. The zero-order valence-corrected chi connectivity index (χ0v) is 20.9. The minimum atomic E-state index is -1.25. The lowest BCUT2D eigenvalue weighted by Crippen LogP contribution is -2.57. The molecule has 0 aromatic rings. The van der Waals surface area contributed by atoms with Crippen LogP contribution in [0.2, 0.25) is 0 Å². The number of guanidine groups is 1. The molecule has 4 atom stereocenters. The van der Waals surface area contributed by atoms with E-state index in [4.69, 9.17) is 22.9 Å². The molecule has 0 aromatic heterocycles. The minimum absolute atomic E-state index is 0.000217. The Morgan fingerprint density at radius 2 is 1.43 bits per heavy atom. The number of nitrogens with zero attached hydrogens (tertiary/aromatic N) is 1. The first-order valence-corrected chi connectivity index (χ1v) is 11.8. The predicted molar refractivity (Wildman–Crippen MR) is 133 cm³/mol. The van der Waals surface area contributed by atoms with Gasteiger partial charge >= 0.3 is 5.97 Å². The van der Waals surface area contributed by atoms with Crippen LogP contribution < -0.4 is 38.9 Å². The van der Waals surface area contributed by atoms with Crippen molar-refractivity contribution in [3.05, 3.63) is 0 Å². The number of nitrogens with two attached hydrogens (primary N) is 4. The number of amides is 4. The normalized spacial score (nSPS) is 14.2. The fourth-order valence-corrected chi connectivity index (χ4v) is 3.17. The van der Waals surface area contributed by atoms with Crippen molar-refractivity contribution in [1.82, 2.24) is 16.0 Å². The van der Waals surface area contributed by atoms with Gasteiger partial charge in [-0.15, -0.1) is 0 Å². The van der Waals surface area contributed by atoms with Crippen LogP contribution in [0.4, 0.5) is 0 Å². The predicted octanol–water partition coefficient (Wildman–Crippen LogP) is -2.85. The lowest BCUT2D eigenvalue weighted by atomic mass is 10.0. The Hall–Kier alpha value is -3.07. The topological polar surface area (TPSA) is 258 Å². The summed E-state index contributed by atoms with van der Waals surface area (Å²) >= 11 is 4.07. The molecule has 0 saturated heterocycles. The summed E-state index contributed by atoms with van der Waals surface area (Å²) in [7, 11) is 0. The number of aliphatic carboxylic acids is 1. The van der Waals surface area contributed by atoms with Crippen LogP contribution in [0.1, 0.15) is 46.0 Å². The first-order chi connectivity index (χ1) is 16.3. The van der Waals surface area contributed by atoms with E-state index >= 15 is 0 Å². The highest BCUT2D eigenvalue weighted by molar-refractivity contribution is 7.80. The Balaban J connectivity index is 5.22. The molecule has 0 aromatic carbocycles. The first-order valence-electron chi connectivity index (χ1n) is 11.1. The molecule has 0 radical (unpaired) electrons. The van der Waals surface area contributed by atoms with Crippen molar-refractivity contribution < 1.29 is 29.1 Å². The average Bonchev–Trinajstić information content (AvgIpc) is 2.75. The zero-order valence-electron chi connectivity index (χ0n) is 20.0. The molecular formula is C20H38N8O6S. The molecule has 0 aliphatic rings. The molecule has 0 rings (SSSR count). The van der Waals surface area contributed by atoms with Crippen molar-refractivity contribution in [3.63, 3.8) is 0 Å². The van der Waals surface area contributed by atoms with Crippen molar-refractivity contribution in [3.8, 4) is 0 Å². The van der Waals surface area contributed by atoms with E-state index in [2.05, 4.69) is 33.6 Å². The average molecular weight is 519 g/mol. The van der Waals surface area contributed by atoms with E-state index in [1.807, 2.05) is 13.8 Å². The van der Waals surface area contributed by atoms with E-state index in [1.54, 1.807) is 0 Å². The van der Waals surface area contributed by atoms with Gasteiger partial charge in [0.2, 0.25) is 23.6 Å². The summed E-state index contributed by atoms with van der Waals surface area (Å²) in [5, 5.41) is 16.8. The molecule has 0 fully saturated rings. The van der Waals surface area contributed by atoms with Gasteiger partial charge < -0.3 is 44.0 Å². The van der Waals surface area contributed by atoms with E-state index in [9.17, 15) is 29.1 Å². The number of hydrogen-bond donors (Lipinski definition) is 9. The highest BCUT2D eigenvalue weighted by Gasteiger charge is 2.30. The fourth-order valence-electron chi connectivity index (χ4n) is 2.91. The van der Waals surface area contributed by atoms with Crippen LogP contribution in [0.5, 0.6) is 0 Å². The van der Waals surface area contributed by atoms with Gasteiger partial charge in [0.25, 0.3) is 0 Å². The van der Waals surface area contributed by atoms with E-state index in [0.29, 0.717) is 6.42 Å². The number of hydrogen-bond acceptors (Lipinski definition) is 8. The van der Waals surface area contributed by atoms with Crippen molar-refractivity contribution in [2.24, 2.45) is 33.8 Å². The number of thiol groups is 1. The van der Waals surface area contributed by atoms with E-state index in [1.165, 1.54) is 0 Å². The van der Waals surface area contributed by atoms with Crippen LogP contribution in [0.3, 0.4) is 0 Å². The van der Waals surface area contributed by atoms with Gasteiger partial charge in [0.05, 0.1) is 6.04 Å². The molecule has 35 heavy (non-hydrogen) atoms. The van der Waals surface area contributed by atoms with Gasteiger partial charge in [0, 0.05) is 18.7 Å². The molecular weight excluding hydrogens is 480 g/mol. The summed E-state index contributed by atoms with van der Waals surface area (Å²) in [5.41, 5.74) is 21.2. The Kier molecular flexibility index (Phi) is 15.1. The van der Waals surface area contributed by atoms with Gasteiger partial charge in [-0.05, 0) is 31.6 Å². The molecule has 200 valence electrons. The molecule has 12 N–H and O–H groups in total. The third-order valence-electron chi connectivity index (χ3n) is 4.75. The molecule has 0 bridgehead atoms. The number of carboxylic acids is 1. The number of primary amides is 1. The SMILES string of the molecule is CC(C)CC(NC(=O)C(CS)NC(=O)C(N)CCC(N)=O)C(=O)NC(CCCN=C(N)N)C(=O)O. The molecule has 4 unspecified atom stereocenters. The van der Waals surface area contributed by atoms with Crippen LogP contribution in [0, 0.1) is 5.92 Å². The molecule has 0 aliphatic carbocycles. The lowest BCUT2D eigenvalue weighted by molar-refractivity contribution is -0.142.